The van der Waals surface area contributed by atoms with Gasteiger partial charge in [-0.1, -0.05) is 0 Å². The Kier molecular flexibility index (Phi) is 4.02. The van der Waals surface area contributed by atoms with Crippen LogP contribution in [0.5, 0.6) is 0 Å². The van der Waals surface area contributed by atoms with E-state index in [0.29, 0.717) is 18.2 Å². The van der Waals surface area contributed by atoms with Gasteiger partial charge < -0.3 is 10.4 Å². The largest absolute Gasteiger partial charge is 0.479 e. The lowest BCUT2D eigenvalue weighted by Gasteiger charge is -2.28. The van der Waals surface area contributed by atoms with Crippen LogP contribution >= 0.6 is 0 Å². The first-order valence-corrected chi connectivity index (χ1v) is 5.06. The monoisotopic (exact) mass is 297 g/mol. The molecule has 0 aliphatic rings. The van der Waals surface area contributed by atoms with Gasteiger partial charge in [-0.3, -0.25) is 4.79 Å². The third-order valence-electron chi connectivity index (χ3n) is 2.53. The summed E-state index contributed by atoms with van der Waals surface area (Å²) in [5.41, 5.74) is -4.49. The lowest BCUT2D eigenvalue weighted by atomic mass is 10.0. The Bertz CT molecular complexity index is 557. The van der Waals surface area contributed by atoms with E-state index < -0.39 is 40.8 Å². The predicted octanol–water partition coefficient (Wildman–Crippen LogP) is 2.10. The highest BCUT2D eigenvalue weighted by Gasteiger charge is 2.58. The normalized spacial score (nSPS) is 14.5. The Balaban J connectivity index is 3.13. The van der Waals surface area contributed by atoms with Crippen LogP contribution in [0.2, 0.25) is 0 Å². The van der Waals surface area contributed by atoms with E-state index >= 15 is 0 Å². The van der Waals surface area contributed by atoms with Crippen molar-refractivity contribution in [3.63, 3.8) is 0 Å². The zero-order chi connectivity index (χ0) is 15.7. The molecule has 0 aliphatic heterocycles. The average molecular weight is 297 g/mol. The molecular weight excluding hydrogens is 289 g/mol. The number of carbonyl (C=O) groups is 2. The number of hydrogen-bond acceptors (Lipinski definition) is 2. The third kappa shape index (κ3) is 2.86. The number of nitrogens with one attached hydrogen (secondary N) is 1. The summed E-state index contributed by atoms with van der Waals surface area (Å²) in [6.07, 6.45) is -5.30. The fraction of sp³-hybridized carbons (Fsp3) is 0.273. The van der Waals surface area contributed by atoms with Crippen LogP contribution in [0.1, 0.15) is 17.3 Å². The molecule has 1 aromatic carbocycles. The van der Waals surface area contributed by atoms with Crippen LogP contribution in [0.3, 0.4) is 0 Å². The number of carboxylic acid groups (broad SMARTS) is 1. The molecule has 0 radical (unpaired) electrons. The van der Waals surface area contributed by atoms with Gasteiger partial charge in [0, 0.05) is 6.07 Å². The second-order valence-corrected chi connectivity index (χ2v) is 4.01. The molecule has 0 saturated carbocycles. The summed E-state index contributed by atoms with van der Waals surface area (Å²) in [4.78, 5) is 22.2. The van der Waals surface area contributed by atoms with E-state index in [1.807, 2.05) is 0 Å². The van der Waals surface area contributed by atoms with E-state index in [1.54, 1.807) is 0 Å². The number of hydrogen-bond donors (Lipinski definition) is 2. The van der Waals surface area contributed by atoms with Gasteiger partial charge in [0.25, 0.3) is 5.91 Å². The molecule has 110 valence electrons. The van der Waals surface area contributed by atoms with Gasteiger partial charge >= 0.3 is 12.1 Å². The van der Waals surface area contributed by atoms with Crippen molar-refractivity contribution >= 4 is 11.9 Å². The number of rotatable bonds is 3. The van der Waals surface area contributed by atoms with E-state index in [4.69, 9.17) is 5.11 Å². The molecule has 0 aromatic heterocycles. The summed E-state index contributed by atoms with van der Waals surface area (Å²) < 4.78 is 63.8. The summed E-state index contributed by atoms with van der Waals surface area (Å²) in [6, 6.07) is 1.56. The first-order chi connectivity index (χ1) is 8.99. The van der Waals surface area contributed by atoms with Gasteiger partial charge in [-0.05, 0) is 19.1 Å². The number of benzene rings is 1. The number of aliphatic carboxylic acids is 1. The van der Waals surface area contributed by atoms with E-state index in [-0.39, 0.29) is 6.92 Å². The highest BCUT2D eigenvalue weighted by molar-refractivity contribution is 5.98. The average Bonchev–Trinajstić information content (AvgIpc) is 2.26. The van der Waals surface area contributed by atoms with Gasteiger partial charge in [-0.2, -0.15) is 13.2 Å². The van der Waals surface area contributed by atoms with Gasteiger partial charge in [-0.25, -0.2) is 13.6 Å². The maximum atomic E-state index is 13.2. The van der Waals surface area contributed by atoms with Gasteiger partial charge in [0.05, 0.1) is 5.56 Å². The first-order valence-electron chi connectivity index (χ1n) is 5.06. The molecule has 0 bridgehead atoms. The molecular formula is C11H8F5NO3. The molecule has 1 aromatic rings. The predicted molar refractivity (Wildman–Crippen MR) is 55.9 cm³/mol. The van der Waals surface area contributed by atoms with Crippen molar-refractivity contribution in [1.82, 2.24) is 5.32 Å². The van der Waals surface area contributed by atoms with Crippen molar-refractivity contribution in [2.45, 2.75) is 18.6 Å². The summed E-state index contributed by atoms with van der Waals surface area (Å²) >= 11 is 0. The molecule has 9 heteroatoms. The van der Waals surface area contributed by atoms with Crippen LogP contribution in [0.4, 0.5) is 22.0 Å². The zero-order valence-corrected chi connectivity index (χ0v) is 9.89. The van der Waals surface area contributed by atoms with E-state index in [1.165, 1.54) is 5.32 Å². The summed E-state index contributed by atoms with van der Waals surface area (Å²) in [7, 11) is 0. The van der Waals surface area contributed by atoms with Gasteiger partial charge in [0.1, 0.15) is 11.6 Å². The van der Waals surface area contributed by atoms with E-state index in [0.717, 1.165) is 0 Å². The molecule has 0 spiro atoms. The van der Waals surface area contributed by atoms with Gasteiger partial charge in [0.2, 0.25) is 5.54 Å². The summed E-state index contributed by atoms with van der Waals surface area (Å²) in [5, 5.41) is 9.77. The minimum Gasteiger partial charge on any atom is -0.479 e. The molecule has 4 nitrogen and oxygen atoms in total. The SMILES string of the molecule is CC(NC(=O)c1ccc(F)cc1F)(C(=O)O)C(F)(F)F. The Labute approximate surface area is 109 Å². The number of carboxylic acids is 1. The van der Waals surface area contributed by atoms with Crippen LogP contribution in [0.15, 0.2) is 18.2 Å². The Hall–Kier alpha value is -2.19. The van der Waals surface area contributed by atoms with Gasteiger partial charge in [-0.15, -0.1) is 0 Å². The number of amides is 1. The fourth-order valence-corrected chi connectivity index (χ4v) is 1.21. The lowest BCUT2D eigenvalue weighted by molar-refractivity contribution is -0.203. The van der Waals surface area contributed by atoms with Crippen LogP contribution in [-0.2, 0) is 4.79 Å². The maximum absolute atomic E-state index is 13.2. The molecule has 1 unspecified atom stereocenters. The Morgan fingerprint density at radius 2 is 1.75 bits per heavy atom. The second kappa shape index (κ2) is 5.06. The van der Waals surface area contributed by atoms with Crippen molar-refractivity contribution in [2.75, 3.05) is 0 Å². The van der Waals surface area contributed by atoms with Crippen molar-refractivity contribution in [3.8, 4) is 0 Å². The van der Waals surface area contributed by atoms with Crippen molar-refractivity contribution in [2.24, 2.45) is 0 Å². The highest BCUT2D eigenvalue weighted by atomic mass is 19.4. The number of halogens is 5. The lowest BCUT2D eigenvalue weighted by Crippen LogP contribution is -2.62. The summed E-state index contributed by atoms with van der Waals surface area (Å²) in [5.74, 6) is -6.42. The van der Waals surface area contributed by atoms with E-state index in [9.17, 15) is 31.5 Å². The molecule has 0 saturated heterocycles. The topological polar surface area (TPSA) is 66.4 Å². The molecule has 0 heterocycles. The fourth-order valence-electron chi connectivity index (χ4n) is 1.21. The van der Waals surface area contributed by atoms with Crippen LogP contribution in [0.25, 0.3) is 0 Å². The van der Waals surface area contributed by atoms with Gasteiger partial charge in [0.15, 0.2) is 0 Å². The molecule has 1 atom stereocenters. The summed E-state index contributed by atoms with van der Waals surface area (Å²) in [6.45, 7) is 0.217. The molecule has 20 heavy (non-hydrogen) atoms. The molecule has 1 rings (SSSR count). The quantitative estimate of drug-likeness (QED) is 0.840. The third-order valence-corrected chi connectivity index (χ3v) is 2.53. The van der Waals surface area contributed by atoms with Crippen LogP contribution in [-0.4, -0.2) is 28.7 Å². The van der Waals surface area contributed by atoms with Crippen molar-refractivity contribution < 1.29 is 36.6 Å². The highest BCUT2D eigenvalue weighted by Crippen LogP contribution is 2.30. The van der Waals surface area contributed by atoms with Crippen LogP contribution in [0, 0.1) is 11.6 Å². The Morgan fingerprint density at radius 1 is 1.20 bits per heavy atom. The van der Waals surface area contributed by atoms with Crippen molar-refractivity contribution in [1.29, 1.82) is 0 Å². The smallest absolute Gasteiger partial charge is 0.422 e. The number of alkyl halides is 3. The molecule has 2 N–H and O–H groups in total. The Morgan fingerprint density at radius 3 is 2.15 bits per heavy atom. The number of carbonyl (C=O) groups excluding carboxylic acids is 1. The molecule has 0 aliphatic carbocycles. The molecule has 1 amide bonds. The second-order valence-electron chi connectivity index (χ2n) is 4.01. The molecule has 0 fully saturated rings. The van der Waals surface area contributed by atoms with Crippen LogP contribution < -0.4 is 5.32 Å². The van der Waals surface area contributed by atoms with E-state index in [2.05, 4.69) is 0 Å². The minimum atomic E-state index is -5.30. The zero-order valence-electron chi connectivity index (χ0n) is 9.89. The van der Waals surface area contributed by atoms with Crippen molar-refractivity contribution in [3.05, 3.63) is 35.4 Å². The standard InChI is InChI=1S/C11H8F5NO3/c1-10(9(19)20,11(14,15)16)17-8(18)6-3-2-5(12)4-7(6)13/h2-4H,1H3,(H,17,18)(H,19,20). The first kappa shape index (κ1) is 15.9. The minimum absolute atomic E-state index is 0.217. The maximum Gasteiger partial charge on any atom is 0.422 e.